The summed E-state index contributed by atoms with van der Waals surface area (Å²) in [5, 5.41) is 7.41. The summed E-state index contributed by atoms with van der Waals surface area (Å²) >= 11 is 0. The highest BCUT2D eigenvalue weighted by Crippen LogP contribution is 2.36. The predicted octanol–water partition coefficient (Wildman–Crippen LogP) is 3.61. The van der Waals surface area contributed by atoms with E-state index in [1.807, 2.05) is 63.8 Å². The molecule has 11 heteroatoms. The minimum atomic E-state index is -0.472. The molecule has 1 amide bonds. The van der Waals surface area contributed by atoms with E-state index < -0.39 is 5.91 Å². The Morgan fingerprint density at radius 1 is 1.00 bits per heavy atom. The van der Waals surface area contributed by atoms with Gasteiger partial charge in [-0.2, -0.15) is 5.10 Å². The zero-order valence-corrected chi connectivity index (χ0v) is 22.3. The van der Waals surface area contributed by atoms with Crippen molar-refractivity contribution in [3.05, 3.63) is 94.3 Å². The normalized spacial score (nSPS) is 15.6. The van der Waals surface area contributed by atoms with Gasteiger partial charge in [0.2, 0.25) is 0 Å². The van der Waals surface area contributed by atoms with Crippen molar-refractivity contribution in [3.63, 3.8) is 0 Å². The summed E-state index contributed by atoms with van der Waals surface area (Å²) in [5.41, 5.74) is 11.5. The molecule has 41 heavy (non-hydrogen) atoms. The summed E-state index contributed by atoms with van der Waals surface area (Å²) in [6, 6.07) is 18.9. The molecule has 2 aliphatic rings. The number of nitrogen functional groups attached to an aromatic ring is 1. The van der Waals surface area contributed by atoms with Crippen molar-refractivity contribution < 1.29 is 14.3 Å². The topological polar surface area (TPSA) is 131 Å². The fourth-order valence-corrected chi connectivity index (χ4v) is 5.87. The smallest absolute Gasteiger partial charge is 0.284 e. The maximum absolute atomic E-state index is 13.5. The highest BCUT2D eigenvalue weighted by molar-refractivity contribution is 6.05. The van der Waals surface area contributed by atoms with E-state index in [1.165, 1.54) is 6.33 Å². The number of amides is 1. The van der Waals surface area contributed by atoms with Crippen LogP contribution in [0.2, 0.25) is 0 Å². The molecule has 0 atom stereocenters. The van der Waals surface area contributed by atoms with Gasteiger partial charge >= 0.3 is 0 Å². The van der Waals surface area contributed by atoms with E-state index in [9.17, 15) is 9.59 Å². The van der Waals surface area contributed by atoms with Gasteiger partial charge in [0.25, 0.3) is 11.5 Å². The van der Waals surface area contributed by atoms with Gasteiger partial charge in [0, 0.05) is 36.1 Å². The van der Waals surface area contributed by atoms with Crippen LogP contribution in [-0.2, 0) is 22.6 Å². The maximum atomic E-state index is 13.5. The van der Waals surface area contributed by atoms with Crippen molar-refractivity contribution in [2.24, 2.45) is 0 Å². The van der Waals surface area contributed by atoms with E-state index in [2.05, 4.69) is 21.5 Å². The van der Waals surface area contributed by atoms with E-state index in [1.54, 1.807) is 4.68 Å². The van der Waals surface area contributed by atoms with Gasteiger partial charge in [-0.1, -0.05) is 30.3 Å². The Labute approximate surface area is 235 Å². The lowest BCUT2D eigenvalue weighted by atomic mass is 9.96. The van der Waals surface area contributed by atoms with Crippen molar-refractivity contribution in [2.75, 3.05) is 30.9 Å². The summed E-state index contributed by atoms with van der Waals surface area (Å²) in [4.78, 5) is 31.2. The Balaban J connectivity index is 1.20. The molecule has 1 saturated heterocycles. The van der Waals surface area contributed by atoms with Crippen molar-refractivity contribution >= 4 is 22.9 Å². The average Bonchev–Trinajstić information content (AvgIpc) is 3.54. The number of carbonyl (C=O) groups is 1. The minimum Gasteiger partial charge on any atom is -0.382 e. The minimum absolute atomic E-state index is 0.0853. The molecule has 0 spiro atoms. The van der Waals surface area contributed by atoms with Crippen LogP contribution < -0.4 is 16.6 Å². The second-order valence-corrected chi connectivity index (χ2v) is 10.3. The predicted molar refractivity (Wildman–Crippen MR) is 153 cm³/mol. The Morgan fingerprint density at radius 3 is 2.56 bits per heavy atom. The highest BCUT2D eigenvalue weighted by Gasteiger charge is 2.28. The number of rotatable bonds is 5. The van der Waals surface area contributed by atoms with Crippen LogP contribution in [0, 0.1) is 0 Å². The molecule has 5 aromatic rings. The molecule has 3 N–H and O–H groups in total. The van der Waals surface area contributed by atoms with E-state index in [0.717, 1.165) is 48.4 Å². The number of hydrogen-bond acceptors (Lipinski definition) is 7. The SMILES string of the molecule is Nc1ncnn2c(C3CCOCC3)cc(-c3ccc(NC(=O)c4c5n(n(-c6ccccc6)c4=O)CCOC5)cc3)c12. The van der Waals surface area contributed by atoms with Crippen LogP contribution in [0.3, 0.4) is 0 Å². The average molecular weight is 552 g/mol. The largest absolute Gasteiger partial charge is 0.382 e. The first kappa shape index (κ1) is 25.2. The third-order valence-corrected chi connectivity index (χ3v) is 7.87. The zero-order chi connectivity index (χ0) is 27.9. The first-order valence-electron chi connectivity index (χ1n) is 13.7. The number of aromatic nitrogens is 5. The molecule has 2 aromatic carbocycles. The lowest BCUT2D eigenvalue weighted by Gasteiger charge is -2.21. The number of nitrogens with two attached hydrogens (primary N) is 1. The van der Waals surface area contributed by atoms with E-state index in [-0.39, 0.29) is 17.7 Å². The van der Waals surface area contributed by atoms with Gasteiger partial charge in [0.15, 0.2) is 5.82 Å². The molecular formula is C30H29N7O4. The number of nitrogens with one attached hydrogen (secondary N) is 1. The number of carbonyl (C=O) groups excluding carboxylic acids is 1. The standard InChI is InChI=1S/C30H29N7O4/c31-28-27-23(16-24(36(27)33-18-32-28)20-10-13-40-14-11-20)19-6-8-21(9-7-19)34-29(38)26-25-17-41-15-12-35(25)37(30(26)39)22-4-2-1-3-5-22/h1-9,16,18,20H,10-15,17H2,(H,34,38)(H2,31,32,33). The fourth-order valence-electron chi connectivity index (χ4n) is 5.87. The summed E-state index contributed by atoms with van der Waals surface area (Å²) in [5.74, 6) is 0.247. The van der Waals surface area contributed by atoms with Gasteiger partial charge in [-0.15, -0.1) is 0 Å². The third-order valence-electron chi connectivity index (χ3n) is 7.87. The summed E-state index contributed by atoms with van der Waals surface area (Å²) in [7, 11) is 0. The number of fused-ring (bicyclic) bond motifs is 2. The van der Waals surface area contributed by atoms with Crippen molar-refractivity contribution in [1.82, 2.24) is 24.0 Å². The molecule has 0 radical (unpaired) electrons. The van der Waals surface area contributed by atoms with Gasteiger partial charge in [-0.25, -0.2) is 14.2 Å². The summed E-state index contributed by atoms with van der Waals surface area (Å²) in [6.45, 7) is 2.58. The van der Waals surface area contributed by atoms with Gasteiger partial charge in [0.05, 0.1) is 31.1 Å². The van der Waals surface area contributed by atoms with Crippen LogP contribution in [-0.4, -0.2) is 49.7 Å². The van der Waals surface area contributed by atoms with Gasteiger partial charge in [0.1, 0.15) is 17.4 Å². The molecule has 208 valence electrons. The second kappa shape index (κ2) is 10.3. The summed E-state index contributed by atoms with van der Waals surface area (Å²) < 4.78 is 16.4. The first-order valence-corrected chi connectivity index (χ1v) is 13.7. The number of nitrogens with zero attached hydrogens (tertiary/aromatic N) is 5. The molecule has 0 aliphatic carbocycles. The van der Waals surface area contributed by atoms with Crippen LogP contribution in [0.1, 0.15) is 40.5 Å². The van der Waals surface area contributed by atoms with E-state index >= 15 is 0 Å². The van der Waals surface area contributed by atoms with Crippen LogP contribution in [0.15, 0.2) is 71.8 Å². The fraction of sp³-hybridized carbons (Fsp3) is 0.267. The van der Waals surface area contributed by atoms with Gasteiger partial charge < -0.3 is 20.5 Å². The molecule has 0 saturated carbocycles. The van der Waals surface area contributed by atoms with Gasteiger partial charge in [-0.05, 0) is 48.7 Å². The lowest BCUT2D eigenvalue weighted by Crippen LogP contribution is -2.26. The van der Waals surface area contributed by atoms with Crippen LogP contribution >= 0.6 is 0 Å². The molecular weight excluding hydrogens is 522 g/mol. The quantitative estimate of drug-likeness (QED) is 0.341. The number of hydrogen-bond donors (Lipinski definition) is 2. The van der Waals surface area contributed by atoms with Crippen LogP contribution in [0.5, 0.6) is 0 Å². The zero-order valence-electron chi connectivity index (χ0n) is 22.3. The molecule has 1 fully saturated rings. The molecule has 2 aliphatic heterocycles. The molecule has 0 unspecified atom stereocenters. The molecule has 7 rings (SSSR count). The van der Waals surface area contributed by atoms with Crippen LogP contribution in [0.25, 0.3) is 22.3 Å². The maximum Gasteiger partial charge on any atom is 0.284 e. The number of anilines is 2. The Morgan fingerprint density at radius 2 is 1.78 bits per heavy atom. The van der Waals surface area contributed by atoms with Gasteiger partial charge in [-0.3, -0.25) is 14.3 Å². The monoisotopic (exact) mass is 551 g/mol. The lowest BCUT2D eigenvalue weighted by molar-refractivity contribution is 0.0756. The Hall–Kier alpha value is -4.74. The Kier molecular flexibility index (Phi) is 6.37. The molecule has 11 nitrogen and oxygen atoms in total. The van der Waals surface area contributed by atoms with E-state index in [0.29, 0.717) is 42.0 Å². The Bertz CT molecular complexity index is 1800. The van der Waals surface area contributed by atoms with E-state index in [4.69, 9.17) is 15.2 Å². The number of ether oxygens (including phenoxy) is 2. The number of benzene rings is 2. The summed E-state index contributed by atoms with van der Waals surface area (Å²) in [6.07, 6.45) is 3.31. The molecule has 5 heterocycles. The van der Waals surface area contributed by atoms with Crippen LogP contribution in [0.4, 0.5) is 11.5 Å². The van der Waals surface area contributed by atoms with Crippen molar-refractivity contribution in [1.29, 1.82) is 0 Å². The molecule has 0 bridgehead atoms. The first-order chi connectivity index (χ1) is 20.1. The number of para-hydroxylation sites is 1. The molecule has 3 aromatic heterocycles. The second-order valence-electron chi connectivity index (χ2n) is 10.3. The van der Waals surface area contributed by atoms with Crippen molar-refractivity contribution in [3.8, 4) is 16.8 Å². The van der Waals surface area contributed by atoms with Crippen molar-refractivity contribution in [2.45, 2.75) is 31.9 Å². The highest BCUT2D eigenvalue weighted by atomic mass is 16.5. The third kappa shape index (κ3) is 4.39.